The molecule has 1 aliphatic rings. The van der Waals surface area contributed by atoms with Crippen molar-refractivity contribution in [3.05, 3.63) is 29.7 Å². The number of fused-ring (bicyclic) bond motifs is 1. The minimum absolute atomic E-state index is 0.599. The molecule has 0 aromatic carbocycles. The molecule has 1 saturated heterocycles. The maximum atomic E-state index is 11.0. The van der Waals surface area contributed by atoms with Crippen LogP contribution in [-0.4, -0.2) is 45.9 Å². The Hall–Kier alpha value is -1.75. The molecule has 1 atom stereocenters. The third kappa shape index (κ3) is 2.51. The predicted octanol–water partition coefficient (Wildman–Crippen LogP) is 1.43. The molecule has 1 unspecified atom stereocenters. The first-order chi connectivity index (χ1) is 9.26. The zero-order valence-electron chi connectivity index (χ0n) is 11.1. The Balaban J connectivity index is 1.83. The number of aromatic nitrogens is 3. The van der Waals surface area contributed by atoms with E-state index in [4.69, 9.17) is 0 Å². The first kappa shape index (κ1) is 12.3. The number of piperidine rings is 1. The number of hydrogen-bond donors (Lipinski definition) is 0. The average molecular weight is 258 g/mol. The second-order valence-corrected chi connectivity index (χ2v) is 5.35. The van der Waals surface area contributed by atoms with Gasteiger partial charge in [0.25, 0.3) is 0 Å². The van der Waals surface area contributed by atoms with E-state index in [1.807, 2.05) is 12.3 Å². The van der Waals surface area contributed by atoms with Crippen molar-refractivity contribution in [1.29, 1.82) is 0 Å². The lowest BCUT2D eigenvalue weighted by atomic mass is 9.95. The standard InChI is InChI=1S/C14H18N4O/c1-17-6-2-4-11(9-17)8-13-15-14-12(10-19)5-3-7-18(14)16-13/h3,5,7,10-11H,2,4,6,8-9H2,1H3. The summed E-state index contributed by atoms with van der Waals surface area (Å²) < 4.78 is 1.70. The number of rotatable bonds is 3. The molecule has 0 spiro atoms. The highest BCUT2D eigenvalue weighted by Crippen LogP contribution is 2.19. The summed E-state index contributed by atoms with van der Waals surface area (Å²) >= 11 is 0. The van der Waals surface area contributed by atoms with E-state index in [-0.39, 0.29) is 0 Å². The van der Waals surface area contributed by atoms with E-state index >= 15 is 0 Å². The van der Waals surface area contributed by atoms with Gasteiger partial charge in [0, 0.05) is 19.2 Å². The molecule has 0 saturated carbocycles. The first-order valence-corrected chi connectivity index (χ1v) is 6.74. The van der Waals surface area contributed by atoms with Crippen molar-refractivity contribution in [2.24, 2.45) is 5.92 Å². The van der Waals surface area contributed by atoms with Crippen LogP contribution in [0.2, 0.25) is 0 Å². The topological polar surface area (TPSA) is 50.5 Å². The van der Waals surface area contributed by atoms with Crippen molar-refractivity contribution >= 4 is 11.9 Å². The van der Waals surface area contributed by atoms with Crippen molar-refractivity contribution in [2.75, 3.05) is 20.1 Å². The van der Waals surface area contributed by atoms with Gasteiger partial charge in [0.1, 0.15) is 0 Å². The van der Waals surface area contributed by atoms with Crippen LogP contribution in [0.4, 0.5) is 0 Å². The molecule has 100 valence electrons. The molecular weight excluding hydrogens is 240 g/mol. The van der Waals surface area contributed by atoms with Gasteiger partial charge in [0.05, 0.1) is 5.56 Å². The van der Waals surface area contributed by atoms with Gasteiger partial charge in [-0.2, -0.15) is 5.10 Å². The lowest BCUT2D eigenvalue weighted by Gasteiger charge is -2.28. The number of carbonyl (C=O) groups excluding carboxylic acids is 1. The molecule has 0 bridgehead atoms. The zero-order chi connectivity index (χ0) is 13.2. The summed E-state index contributed by atoms with van der Waals surface area (Å²) in [5.41, 5.74) is 1.26. The second kappa shape index (κ2) is 5.09. The van der Waals surface area contributed by atoms with Gasteiger partial charge in [-0.1, -0.05) is 0 Å². The van der Waals surface area contributed by atoms with Crippen LogP contribution in [0.15, 0.2) is 18.3 Å². The van der Waals surface area contributed by atoms with Crippen LogP contribution >= 0.6 is 0 Å². The van der Waals surface area contributed by atoms with Gasteiger partial charge in [0.15, 0.2) is 17.8 Å². The maximum absolute atomic E-state index is 11.0. The average Bonchev–Trinajstić information content (AvgIpc) is 2.80. The normalized spacial score (nSPS) is 20.8. The molecule has 5 nitrogen and oxygen atoms in total. The van der Waals surface area contributed by atoms with Crippen molar-refractivity contribution in [3.63, 3.8) is 0 Å². The van der Waals surface area contributed by atoms with E-state index < -0.39 is 0 Å². The number of aldehydes is 1. The number of carbonyl (C=O) groups is 1. The van der Waals surface area contributed by atoms with Gasteiger partial charge >= 0.3 is 0 Å². The molecule has 19 heavy (non-hydrogen) atoms. The van der Waals surface area contributed by atoms with E-state index in [0.29, 0.717) is 17.1 Å². The Labute approximate surface area is 112 Å². The minimum Gasteiger partial charge on any atom is -0.306 e. The fourth-order valence-corrected chi connectivity index (χ4v) is 2.85. The fourth-order valence-electron chi connectivity index (χ4n) is 2.85. The summed E-state index contributed by atoms with van der Waals surface area (Å²) in [6.45, 7) is 2.29. The summed E-state index contributed by atoms with van der Waals surface area (Å²) in [5, 5.41) is 4.47. The third-order valence-electron chi connectivity index (χ3n) is 3.76. The van der Waals surface area contributed by atoms with Gasteiger partial charge in [-0.05, 0) is 44.5 Å². The summed E-state index contributed by atoms with van der Waals surface area (Å²) in [4.78, 5) is 17.8. The lowest BCUT2D eigenvalue weighted by molar-refractivity contribution is 0.112. The van der Waals surface area contributed by atoms with Gasteiger partial charge in [-0.15, -0.1) is 0 Å². The molecule has 5 heteroatoms. The van der Waals surface area contributed by atoms with E-state index in [2.05, 4.69) is 22.0 Å². The highest BCUT2D eigenvalue weighted by molar-refractivity contribution is 5.83. The number of likely N-dealkylation sites (tertiary alicyclic amines) is 1. The highest BCUT2D eigenvalue weighted by atomic mass is 16.1. The van der Waals surface area contributed by atoms with Gasteiger partial charge in [-0.3, -0.25) is 4.79 Å². The Morgan fingerprint density at radius 1 is 1.53 bits per heavy atom. The van der Waals surface area contributed by atoms with Crippen LogP contribution in [0.25, 0.3) is 5.65 Å². The molecular formula is C14H18N4O. The van der Waals surface area contributed by atoms with E-state index in [9.17, 15) is 4.79 Å². The van der Waals surface area contributed by atoms with Crippen LogP contribution in [0.5, 0.6) is 0 Å². The Morgan fingerprint density at radius 3 is 3.21 bits per heavy atom. The van der Waals surface area contributed by atoms with Crippen LogP contribution in [-0.2, 0) is 6.42 Å². The molecule has 0 N–H and O–H groups in total. The monoisotopic (exact) mass is 258 g/mol. The molecule has 0 amide bonds. The smallest absolute Gasteiger partial charge is 0.166 e. The zero-order valence-corrected chi connectivity index (χ0v) is 11.1. The Morgan fingerprint density at radius 2 is 2.42 bits per heavy atom. The third-order valence-corrected chi connectivity index (χ3v) is 3.76. The molecule has 3 rings (SSSR count). The number of nitrogens with zero attached hydrogens (tertiary/aromatic N) is 4. The van der Waals surface area contributed by atoms with Crippen LogP contribution in [0.1, 0.15) is 29.0 Å². The quantitative estimate of drug-likeness (QED) is 0.781. The van der Waals surface area contributed by atoms with Gasteiger partial charge < -0.3 is 4.90 Å². The largest absolute Gasteiger partial charge is 0.306 e. The fraction of sp³-hybridized carbons (Fsp3) is 0.500. The SMILES string of the molecule is CN1CCCC(Cc2nc3c(C=O)cccn3n2)C1. The first-order valence-electron chi connectivity index (χ1n) is 6.74. The van der Waals surface area contributed by atoms with E-state index in [0.717, 1.165) is 25.1 Å². The molecule has 1 fully saturated rings. The summed E-state index contributed by atoms with van der Waals surface area (Å²) in [7, 11) is 2.16. The van der Waals surface area contributed by atoms with Crippen LogP contribution in [0.3, 0.4) is 0 Å². The Kier molecular flexibility index (Phi) is 3.29. The van der Waals surface area contributed by atoms with Crippen LogP contribution < -0.4 is 0 Å². The van der Waals surface area contributed by atoms with Crippen molar-refractivity contribution in [1.82, 2.24) is 19.5 Å². The molecule has 0 aliphatic carbocycles. The number of hydrogen-bond acceptors (Lipinski definition) is 4. The van der Waals surface area contributed by atoms with Crippen molar-refractivity contribution < 1.29 is 4.79 Å². The summed E-state index contributed by atoms with van der Waals surface area (Å²) in [6.07, 6.45) is 6.05. The second-order valence-electron chi connectivity index (χ2n) is 5.35. The molecule has 3 heterocycles. The van der Waals surface area contributed by atoms with E-state index in [1.165, 1.54) is 19.4 Å². The molecule has 1 aliphatic heterocycles. The van der Waals surface area contributed by atoms with Gasteiger partial charge in [0.2, 0.25) is 0 Å². The molecule has 2 aromatic rings. The highest BCUT2D eigenvalue weighted by Gasteiger charge is 2.19. The minimum atomic E-state index is 0.599. The van der Waals surface area contributed by atoms with Crippen LogP contribution in [0, 0.1) is 5.92 Å². The lowest BCUT2D eigenvalue weighted by Crippen LogP contribution is -2.33. The van der Waals surface area contributed by atoms with Gasteiger partial charge in [-0.25, -0.2) is 9.50 Å². The molecule has 0 radical (unpaired) electrons. The summed E-state index contributed by atoms with van der Waals surface area (Å²) in [6, 6.07) is 3.60. The maximum Gasteiger partial charge on any atom is 0.166 e. The van der Waals surface area contributed by atoms with Crippen molar-refractivity contribution in [3.8, 4) is 0 Å². The Bertz CT molecular complexity index is 592. The number of pyridine rings is 1. The predicted molar refractivity (Wildman–Crippen MR) is 72.3 cm³/mol. The molecule has 2 aromatic heterocycles. The van der Waals surface area contributed by atoms with Crippen molar-refractivity contribution in [2.45, 2.75) is 19.3 Å². The summed E-state index contributed by atoms with van der Waals surface area (Å²) in [5.74, 6) is 1.46. The van der Waals surface area contributed by atoms with E-state index in [1.54, 1.807) is 10.6 Å².